The molecule has 1 amide bonds. The van der Waals surface area contributed by atoms with Gasteiger partial charge in [-0.1, -0.05) is 6.07 Å². The van der Waals surface area contributed by atoms with E-state index < -0.39 is 6.10 Å². The molecular weight excluding hydrogens is 320 g/mol. The minimum atomic E-state index is -0.742. The Morgan fingerprint density at radius 2 is 2.04 bits per heavy atom. The third kappa shape index (κ3) is 8.76. The van der Waals surface area contributed by atoms with Gasteiger partial charge in [-0.25, -0.2) is 0 Å². The number of likely N-dealkylation sites (N-methyl/N-ethyl adjacent to an activating group) is 1. The summed E-state index contributed by atoms with van der Waals surface area (Å²) in [6, 6.07) is 6.76. The van der Waals surface area contributed by atoms with Gasteiger partial charge in [-0.2, -0.15) is 0 Å². The number of aliphatic hydroxyl groups excluding tert-OH is 1. The fraction of sp³-hybridized carbons (Fsp3) is 0.562. The molecule has 0 bridgehead atoms. The monoisotopic (exact) mass is 346 g/mol. The Kier molecular flexibility index (Phi) is 10.6. The van der Waals surface area contributed by atoms with Gasteiger partial charge in [0.15, 0.2) is 0 Å². The molecule has 6 nitrogen and oxygen atoms in total. The van der Waals surface area contributed by atoms with E-state index in [4.69, 9.17) is 15.2 Å². The van der Waals surface area contributed by atoms with Crippen molar-refractivity contribution in [2.45, 2.75) is 26.1 Å². The van der Waals surface area contributed by atoms with Crippen molar-refractivity contribution in [2.75, 3.05) is 39.1 Å². The predicted octanol–water partition coefficient (Wildman–Crippen LogP) is 1.57. The lowest BCUT2D eigenvalue weighted by molar-refractivity contribution is -0.0159. The average molecular weight is 347 g/mol. The second-order valence-electron chi connectivity index (χ2n) is 5.46. The van der Waals surface area contributed by atoms with Gasteiger partial charge in [0, 0.05) is 24.8 Å². The van der Waals surface area contributed by atoms with Gasteiger partial charge < -0.3 is 25.2 Å². The smallest absolute Gasteiger partial charge is 0.253 e. The maximum absolute atomic E-state index is 12.2. The van der Waals surface area contributed by atoms with Gasteiger partial charge in [0.05, 0.1) is 32.0 Å². The normalized spacial score (nSPS) is 11.9. The third-order valence-corrected chi connectivity index (χ3v) is 2.95. The Labute approximate surface area is 144 Å². The summed E-state index contributed by atoms with van der Waals surface area (Å²) in [5, 5.41) is 9.89. The first-order valence-corrected chi connectivity index (χ1v) is 7.38. The Hall–Kier alpha value is -1.34. The molecule has 7 heteroatoms. The van der Waals surface area contributed by atoms with Crippen LogP contribution in [0.2, 0.25) is 0 Å². The molecule has 1 atom stereocenters. The van der Waals surface area contributed by atoms with Gasteiger partial charge in [0.25, 0.3) is 5.91 Å². The maximum atomic E-state index is 12.2. The molecule has 1 aromatic carbocycles. The average Bonchev–Trinajstić information content (AvgIpc) is 2.45. The molecule has 0 radical (unpaired) electrons. The highest BCUT2D eigenvalue weighted by molar-refractivity contribution is 5.94. The summed E-state index contributed by atoms with van der Waals surface area (Å²) in [6.45, 7) is 5.16. The van der Waals surface area contributed by atoms with Crippen LogP contribution in [0.3, 0.4) is 0 Å². The highest BCUT2D eigenvalue weighted by Crippen LogP contribution is 2.09. The zero-order chi connectivity index (χ0) is 16.5. The van der Waals surface area contributed by atoms with Gasteiger partial charge >= 0.3 is 0 Å². The lowest BCUT2D eigenvalue weighted by atomic mass is 10.2. The van der Waals surface area contributed by atoms with E-state index in [1.807, 2.05) is 13.8 Å². The number of ether oxygens (including phenoxy) is 2. The van der Waals surface area contributed by atoms with Gasteiger partial charge in [0.2, 0.25) is 0 Å². The van der Waals surface area contributed by atoms with Crippen LogP contribution in [0, 0.1) is 0 Å². The van der Waals surface area contributed by atoms with Gasteiger partial charge in [-0.15, -0.1) is 12.4 Å². The Balaban J connectivity index is 0.00000484. The summed E-state index contributed by atoms with van der Waals surface area (Å²) in [7, 11) is 1.64. The van der Waals surface area contributed by atoms with E-state index in [1.165, 1.54) is 4.90 Å². The number of carbonyl (C=O) groups is 1. The number of amides is 1. The number of benzene rings is 1. The highest BCUT2D eigenvalue weighted by atomic mass is 35.5. The van der Waals surface area contributed by atoms with E-state index >= 15 is 0 Å². The fourth-order valence-electron chi connectivity index (χ4n) is 1.91. The van der Waals surface area contributed by atoms with Crippen molar-refractivity contribution in [1.82, 2.24) is 4.90 Å². The zero-order valence-corrected chi connectivity index (χ0v) is 14.7. The number of hydrogen-bond donors (Lipinski definition) is 2. The van der Waals surface area contributed by atoms with Crippen molar-refractivity contribution >= 4 is 24.0 Å². The van der Waals surface area contributed by atoms with Gasteiger partial charge in [-0.05, 0) is 32.0 Å². The quantitative estimate of drug-likeness (QED) is 0.523. The SMILES string of the molecule is CC(C)OCCOCC(O)CN(C)C(=O)c1cccc(N)c1.Cl. The number of carbonyl (C=O) groups excluding carboxylic acids is 1. The second kappa shape index (κ2) is 11.2. The molecule has 0 spiro atoms. The molecule has 0 saturated heterocycles. The molecule has 0 aliphatic carbocycles. The fourth-order valence-corrected chi connectivity index (χ4v) is 1.91. The lowest BCUT2D eigenvalue weighted by Gasteiger charge is -2.21. The summed E-state index contributed by atoms with van der Waals surface area (Å²) in [5.41, 5.74) is 6.70. The molecule has 23 heavy (non-hydrogen) atoms. The van der Waals surface area contributed by atoms with Crippen molar-refractivity contribution in [1.29, 1.82) is 0 Å². The molecule has 132 valence electrons. The van der Waals surface area contributed by atoms with Crippen LogP contribution in [0.15, 0.2) is 24.3 Å². The highest BCUT2D eigenvalue weighted by Gasteiger charge is 2.15. The Bertz CT molecular complexity index is 471. The largest absolute Gasteiger partial charge is 0.399 e. The lowest BCUT2D eigenvalue weighted by Crippen LogP contribution is -2.36. The first-order valence-electron chi connectivity index (χ1n) is 7.38. The molecule has 1 rings (SSSR count). The van der Waals surface area contributed by atoms with Crippen molar-refractivity contribution in [2.24, 2.45) is 0 Å². The summed E-state index contributed by atoms with van der Waals surface area (Å²) in [4.78, 5) is 13.6. The molecule has 0 aromatic heterocycles. The molecule has 0 heterocycles. The summed E-state index contributed by atoms with van der Waals surface area (Å²) in [5.74, 6) is -0.186. The topological polar surface area (TPSA) is 85.0 Å². The van der Waals surface area contributed by atoms with E-state index in [0.29, 0.717) is 24.5 Å². The number of nitrogens with zero attached hydrogens (tertiary/aromatic N) is 1. The van der Waals surface area contributed by atoms with Crippen LogP contribution in [0.25, 0.3) is 0 Å². The Morgan fingerprint density at radius 1 is 1.35 bits per heavy atom. The van der Waals surface area contributed by atoms with Crippen molar-refractivity contribution in [3.63, 3.8) is 0 Å². The third-order valence-electron chi connectivity index (χ3n) is 2.95. The van der Waals surface area contributed by atoms with Crippen LogP contribution >= 0.6 is 12.4 Å². The molecule has 3 N–H and O–H groups in total. The number of nitrogens with two attached hydrogens (primary N) is 1. The van der Waals surface area contributed by atoms with Crippen LogP contribution in [0.1, 0.15) is 24.2 Å². The van der Waals surface area contributed by atoms with E-state index in [9.17, 15) is 9.90 Å². The van der Waals surface area contributed by atoms with Gasteiger partial charge in [0.1, 0.15) is 0 Å². The maximum Gasteiger partial charge on any atom is 0.253 e. The Morgan fingerprint density at radius 3 is 2.65 bits per heavy atom. The van der Waals surface area contributed by atoms with E-state index in [1.54, 1.807) is 31.3 Å². The standard InChI is InChI=1S/C16H26N2O4.ClH/c1-12(2)22-8-7-21-11-15(19)10-18(3)16(20)13-5-4-6-14(17)9-13;/h4-6,9,12,15,19H,7-8,10-11,17H2,1-3H3;1H. The van der Waals surface area contributed by atoms with E-state index in [2.05, 4.69) is 0 Å². The summed E-state index contributed by atoms with van der Waals surface area (Å²) >= 11 is 0. The minimum Gasteiger partial charge on any atom is -0.399 e. The predicted molar refractivity (Wildman–Crippen MR) is 93.0 cm³/mol. The zero-order valence-electron chi connectivity index (χ0n) is 13.9. The summed E-state index contributed by atoms with van der Waals surface area (Å²) < 4.78 is 10.6. The van der Waals surface area contributed by atoms with E-state index in [-0.39, 0.29) is 37.6 Å². The second-order valence-corrected chi connectivity index (χ2v) is 5.46. The number of halogens is 1. The van der Waals surface area contributed by atoms with Crippen molar-refractivity contribution in [3.8, 4) is 0 Å². The van der Waals surface area contributed by atoms with Crippen LogP contribution < -0.4 is 5.73 Å². The molecule has 0 aliphatic heterocycles. The molecule has 0 fully saturated rings. The van der Waals surface area contributed by atoms with E-state index in [0.717, 1.165) is 0 Å². The first-order chi connectivity index (χ1) is 10.4. The summed E-state index contributed by atoms with van der Waals surface area (Å²) in [6.07, 6.45) is -0.579. The number of hydrogen-bond acceptors (Lipinski definition) is 5. The number of aliphatic hydroxyl groups is 1. The number of nitrogen functional groups attached to an aromatic ring is 1. The van der Waals surface area contributed by atoms with Crippen molar-refractivity contribution < 1.29 is 19.4 Å². The number of rotatable bonds is 9. The van der Waals surface area contributed by atoms with Crippen LogP contribution in [-0.4, -0.2) is 61.5 Å². The molecule has 0 aliphatic rings. The van der Waals surface area contributed by atoms with Gasteiger partial charge in [-0.3, -0.25) is 4.79 Å². The first kappa shape index (κ1) is 21.7. The molecule has 1 aromatic rings. The van der Waals surface area contributed by atoms with Crippen LogP contribution in [-0.2, 0) is 9.47 Å². The van der Waals surface area contributed by atoms with Crippen molar-refractivity contribution in [3.05, 3.63) is 29.8 Å². The number of anilines is 1. The molecule has 0 saturated carbocycles. The van der Waals surface area contributed by atoms with Crippen LogP contribution in [0.5, 0.6) is 0 Å². The molecule has 1 unspecified atom stereocenters. The molecular formula is C16H27ClN2O4. The van der Waals surface area contributed by atoms with Crippen LogP contribution in [0.4, 0.5) is 5.69 Å². The minimum absolute atomic E-state index is 0.